The van der Waals surface area contributed by atoms with Crippen LogP contribution >= 0.6 is 11.6 Å². The quantitative estimate of drug-likeness (QED) is 0.774. The predicted octanol–water partition coefficient (Wildman–Crippen LogP) is 2.79. The SMILES string of the molecule is CCC(C)OCC(=O)N[C@@H](CC(=O)O)c1ccc(Cl)cc1. The normalized spacial score (nSPS) is 13.5. The van der Waals surface area contributed by atoms with E-state index in [2.05, 4.69) is 5.32 Å². The molecule has 21 heavy (non-hydrogen) atoms. The van der Waals surface area contributed by atoms with Gasteiger partial charge in [0.1, 0.15) is 6.61 Å². The van der Waals surface area contributed by atoms with Crippen LogP contribution in [0.5, 0.6) is 0 Å². The Morgan fingerprint density at radius 1 is 1.33 bits per heavy atom. The average Bonchev–Trinajstić information content (AvgIpc) is 2.44. The molecule has 0 aromatic heterocycles. The molecule has 0 saturated carbocycles. The number of benzene rings is 1. The number of carboxylic acid groups (broad SMARTS) is 1. The van der Waals surface area contributed by atoms with Crippen LogP contribution in [0.4, 0.5) is 0 Å². The first-order valence-electron chi connectivity index (χ1n) is 6.80. The van der Waals surface area contributed by atoms with Crippen molar-refractivity contribution >= 4 is 23.5 Å². The molecule has 0 heterocycles. The minimum atomic E-state index is -0.988. The highest BCUT2D eigenvalue weighted by molar-refractivity contribution is 6.30. The van der Waals surface area contributed by atoms with Gasteiger partial charge in [-0.2, -0.15) is 0 Å². The van der Waals surface area contributed by atoms with Crippen molar-refractivity contribution in [3.8, 4) is 0 Å². The molecule has 1 rings (SSSR count). The van der Waals surface area contributed by atoms with Crippen LogP contribution < -0.4 is 5.32 Å². The van der Waals surface area contributed by atoms with E-state index in [9.17, 15) is 9.59 Å². The van der Waals surface area contributed by atoms with Gasteiger partial charge in [0.2, 0.25) is 5.91 Å². The van der Waals surface area contributed by atoms with E-state index < -0.39 is 12.0 Å². The van der Waals surface area contributed by atoms with Crippen LogP contribution in [0.2, 0.25) is 5.02 Å². The lowest BCUT2D eigenvalue weighted by molar-refractivity contribution is -0.138. The molecule has 0 aliphatic rings. The summed E-state index contributed by atoms with van der Waals surface area (Å²) in [5, 5.41) is 12.2. The second-order valence-electron chi connectivity index (χ2n) is 4.80. The summed E-state index contributed by atoms with van der Waals surface area (Å²) in [4.78, 5) is 22.8. The third-order valence-electron chi connectivity index (χ3n) is 3.06. The lowest BCUT2D eigenvalue weighted by atomic mass is 10.0. The Kier molecular flexibility index (Phi) is 7.19. The Labute approximate surface area is 129 Å². The molecule has 2 N–H and O–H groups in total. The summed E-state index contributed by atoms with van der Waals surface area (Å²) in [7, 11) is 0. The number of aliphatic carboxylic acids is 1. The van der Waals surface area contributed by atoms with Crippen LogP contribution in [0.25, 0.3) is 0 Å². The standard InChI is InChI=1S/C15H20ClNO4/c1-3-10(2)21-9-14(18)17-13(8-15(19)20)11-4-6-12(16)7-5-11/h4-7,10,13H,3,8-9H2,1-2H3,(H,17,18)(H,19,20)/t10?,13-/m0/s1. The zero-order chi connectivity index (χ0) is 15.8. The van der Waals surface area contributed by atoms with Crippen molar-refractivity contribution in [1.29, 1.82) is 0 Å². The van der Waals surface area contributed by atoms with Crippen molar-refractivity contribution in [3.05, 3.63) is 34.9 Å². The van der Waals surface area contributed by atoms with Crippen LogP contribution in [0.3, 0.4) is 0 Å². The molecular formula is C15H20ClNO4. The van der Waals surface area contributed by atoms with Crippen LogP contribution in [0.1, 0.15) is 38.3 Å². The van der Waals surface area contributed by atoms with Gasteiger partial charge in [0.25, 0.3) is 0 Å². The fraction of sp³-hybridized carbons (Fsp3) is 0.467. The van der Waals surface area contributed by atoms with E-state index in [1.807, 2.05) is 13.8 Å². The number of halogens is 1. The molecule has 1 aromatic rings. The van der Waals surface area contributed by atoms with Gasteiger partial charge >= 0.3 is 5.97 Å². The average molecular weight is 314 g/mol. The van der Waals surface area contributed by atoms with Crippen molar-refractivity contribution in [1.82, 2.24) is 5.32 Å². The first-order valence-corrected chi connectivity index (χ1v) is 7.18. The molecule has 0 radical (unpaired) electrons. The molecule has 2 atom stereocenters. The van der Waals surface area contributed by atoms with Gasteiger partial charge in [0, 0.05) is 5.02 Å². The molecule has 0 saturated heterocycles. The van der Waals surface area contributed by atoms with E-state index in [0.29, 0.717) is 10.6 Å². The number of ether oxygens (including phenoxy) is 1. The second-order valence-corrected chi connectivity index (χ2v) is 5.24. The molecule has 6 heteroatoms. The van der Waals surface area contributed by atoms with E-state index in [1.165, 1.54) is 0 Å². The predicted molar refractivity (Wildman–Crippen MR) is 80.3 cm³/mol. The van der Waals surface area contributed by atoms with Crippen molar-refractivity contribution in [2.45, 2.75) is 38.8 Å². The summed E-state index contributed by atoms with van der Waals surface area (Å²) in [6.07, 6.45) is 0.601. The second kappa shape index (κ2) is 8.64. The maximum absolute atomic E-state index is 11.8. The van der Waals surface area contributed by atoms with Crippen molar-refractivity contribution in [3.63, 3.8) is 0 Å². The monoisotopic (exact) mass is 313 g/mol. The van der Waals surface area contributed by atoms with Gasteiger partial charge < -0.3 is 15.2 Å². The molecular weight excluding hydrogens is 294 g/mol. The third-order valence-corrected chi connectivity index (χ3v) is 3.31. The molecule has 1 unspecified atom stereocenters. The molecule has 0 bridgehead atoms. The zero-order valence-corrected chi connectivity index (χ0v) is 12.9. The van der Waals surface area contributed by atoms with Crippen LogP contribution in [0, 0.1) is 0 Å². The molecule has 5 nitrogen and oxygen atoms in total. The number of nitrogens with one attached hydrogen (secondary N) is 1. The number of amides is 1. The van der Waals surface area contributed by atoms with E-state index in [-0.39, 0.29) is 25.0 Å². The summed E-state index contributed by atoms with van der Waals surface area (Å²) in [5.74, 6) is -1.32. The van der Waals surface area contributed by atoms with Crippen LogP contribution in [-0.2, 0) is 14.3 Å². The van der Waals surface area contributed by atoms with E-state index in [1.54, 1.807) is 24.3 Å². The fourth-order valence-electron chi connectivity index (χ4n) is 1.69. The Balaban J connectivity index is 2.67. The molecule has 116 valence electrons. The van der Waals surface area contributed by atoms with Gasteiger partial charge in [-0.25, -0.2) is 0 Å². The van der Waals surface area contributed by atoms with Crippen molar-refractivity contribution in [2.24, 2.45) is 0 Å². The van der Waals surface area contributed by atoms with Gasteiger partial charge in [0.15, 0.2) is 0 Å². The highest BCUT2D eigenvalue weighted by Crippen LogP contribution is 2.19. The first kappa shape index (κ1) is 17.5. The third kappa shape index (κ3) is 6.60. The Morgan fingerprint density at radius 3 is 2.48 bits per heavy atom. The van der Waals surface area contributed by atoms with E-state index in [0.717, 1.165) is 6.42 Å². The molecule has 0 spiro atoms. The largest absolute Gasteiger partial charge is 0.481 e. The van der Waals surface area contributed by atoms with Gasteiger partial charge in [-0.3, -0.25) is 9.59 Å². The summed E-state index contributed by atoms with van der Waals surface area (Å²) in [5.41, 5.74) is 0.693. The molecule has 0 aliphatic carbocycles. The van der Waals surface area contributed by atoms with Gasteiger partial charge in [-0.1, -0.05) is 30.7 Å². The minimum absolute atomic E-state index is 0.00999. The van der Waals surface area contributed by atoms with Crippen molar-refractivity contribution < 1.29 is 19.4 Å². The summed E-state index contributed by atoms with van der Waals surface area (Å²) in [6.45, 7) is 3.75. The van der Waals surface area contributed by atoms with E-state index >= 15 is 0 Å². The number of carboxylic acids is 1. The first-order chi connectivity index (χ1) is 9.92. The Hall–Kier alpha value is -1.59. The summed E-state index contributed by atoms with van der Waals surface area (Å²) >= 11 is 5.80. The maximum atomic E-state index is 11.8. The van der Waals surface area contributed by atoms with Crippen LogP contribution in [-0.4, -0.2) is 29.7 Å². The Morgan fingerprint density at radius 2 is 1.95 bits per heavy atom. The number of hydrogen-bond acceptors (Lipinski definition) is 3. The number of carbonyl (C=O) groups is 2. The molecule has 0 aliphatic heterocycles. The van der Waals surface area contributed by atoms with Crippen molar-refractivity contribution in [2.75, 3.05) is 6.61 Å². The number of rotatable bonds is 8. The minimum Gasteiger partial charge on any atom is -0.481 e. The highest BCUT2D eigenvalue weighted by Gasteiger charge is 2.18. The van der Waals surface area contributed by atoms with Gasteiger partial charge in [0.05, 0.1) is 18.6 Å². The molecule has 1 aromatic carbocycles. The highest BCUT2D eigenvalue weighted by atomic mass is 35.5. The van der Waals surface area contributed by atoms with E-state index in [4.69, 9.17) is 21.4 Å². The van der Waals surface area contributed by atoms with Crippen LogP contribution in [0.15, 0.2) is 24.3 Å². The lowest BCUT2D eigenvalue weighted by Crippen LogP contribution is -2.33. The van der Waals surface area contributed by atoms with Gasteiger partial charge in [-0.05, 0) is 31.0 Å². The number of carbonyl (C=O) groups excluding carboxylic acids is 1. The summed E-state index contributed by atoms with van der Waals surface area (Å²) in [6, 6.07) is 6.12. The topological polar surface area (TPSA) is 75.6 Å². The lowest BCUT2D eigenvalue weighted by Gasteiger charge is -2.18. The zero-order valence-electron chi connectivity index (χ0n) is 12.1. The number of hydrogen-bond donors (Lipinski definition) is 2. The fourth-order valence-corrected chi connectivity index (χ4v) is 1.82. The molecule has 1 amide bonds. The molecule has 0 fully saturated rings. The smallest absolute Gasteiger partial charge is 0.305 e. The summed E-state index contributed by atoms with van der Waals surface area (Å²) < 4.78 is 5.33. The van der Waals surface area contributed by atoms with Gasteiger partial charge in [-0.15, -0.1) is 0 Å². The maximum Gasteiger partial charge on any atom is 0.305 e. The Bertz CT molecular complexity index is 475.